The van der Waals surface area contributed by atoms with Crippen molar-refractivity contribution in [2.45, 2.75) is 39.8 Å². The Balaban J connectivity index is 1.89. The maximum absolute atomic E-state index is 5.63. The summed E-state index contributed by atoms with van der Waals surface area (Å²) in [6.45, 7) is 7.22. The highest BCUT2D eigenvalue weighted by atomic mass is 32.1. The molecule has 0 aliphatic carbocycles. The van der Waals surface area contributed by atoms with Gasteiger partial charge in [-0.25, -0.2) is 4.68 Å². The zero-order chi connectivity index (χ0) is 14.8. The Morgan fingerprint density at radius 3 is 2.38 bits per heavy atom. The minimum Gasteiger partial charge on any atom is -0.284 e. The third-order valence-corrected chi connectivity index (χ3v) is 4.47. The fourth-order valence-corrected chi connectivity index (χ4v) is 3.23. The number of likely N-dealkylation sites (tertiary alicyclic amines) is 1. The van der Waals surface area contributed by atoms with Crippen molar-refractivity contribution in [1.29, 1.82) is 0 Å². The Morgan fingerprint density at radius 1 is 1.05 bits per heavy atom. The van der Waals surface area contributed by atoms with Crippen molar-refractivity contribution < 1.29 is 0 Å². The predicted molar refractivity (Wildman–Crippen MR) is 87.3 cm³/mol. The van der Waals surface area contributed by atoms with Gasteiger partial charge in [-0.05, 0) is 64.1 Å². The molecule has 0 bridgehead atoms. The molecule has 0 saturated carbocycles. The summed E-state index contributed by atoms with van der Waals surface area (Å²) in [6, 6.07) is 8.42. The van der Waals surface area contributed by atoms with Crippen LogP contribution in [0.15, 0.2) is 24.3 Å². The first-order chi connectivity index (χ1) is 10.1. The molecule has 2 heterocycles. The molecule has 2 aromatic rings. The summed E-state index contributed by atoms with van der Waals surface area (Å²) in [5.41, 5.74) is 2.34. The third kappa shape index (κ3) is 3.09. The Kier molecular flexibility index (Phi) is 4.22. The Bertz CT molecular complexity index is 663. The van der Waals surface area contributed by atoms with Crippen LogP contribution in [0.25, 0.3) is 5.69 Å². The van der Waals surface area contributed by atoms with Gasteiger partial charge in [0.2, 0.25) is 4.77 Å². The van der Waals surface area contributed by atoms with Gasteiger partial charge in [-0.1, -0.05) is 24.1 Å². The average molecular weight is 302 g/mol. The predicted octanol–water partition coefficient (Wildman–Crippen LogP) is 3.46. The van der Waals surface area contributed by atoms with Crippen molar-refractivity contribution in [2.75, 3.05) is 13.1 Å². The van der Waals surface area contributed by atoms with E-state index in [1.54, 1.807) is 0 Å². The second-order valence-electron chi connectivity index (χ2n) is 5.82. The number of benzene rings is 1. The summed E-state index contributed by atoms with van der Waals surface area (Å²) in [4.78, 5) is 2.44. The molecule has 0 unspecified atom stereocenters. The normalized spacial score (nSPS) is 16.3. The van der Waals surface area contributed by atoms with Gasteiger partial charge in [-0.3, -0.25) is 9.47 Å². The van der Waals surface area contributed by atoms with Crippen LogP contribution >= 0.6 is 12.2 Å². The van der Waals surface area contributed by atoms with E-state index >= 15 is 0 Å². The van der Waals surface area contributed by atoms with Crippen LogP contribution in [-0.2, 0) is 6.67 Å². The van der Waals surface area contributed by atoms with E-state index in [4.69, 9.17) is 12.2 Å². The van der Waals surface area contributed by atoms with Crippen molar-refractivity contribution in [3.8, 4) is 5.69 Å². The number of nitrogens with zero attached hydrogens (tertiary/aromatic N) is 4. The molecule has 1 aromatic heterocycles. The summed E-state index contributed by atoms with van der Waals surface area (Å²) in [6.07, 6.45) is 3.91. The van der Waals surface area contributed by atoms with E-state index in [1.807, 2.05) is 11.6 Å². The van der Waals surface area contributed by atoms with E-state index in [1.165, 1.54) is 24.8 Å². The Morgan fingerprint density at radius 2 is 1.71 bits per heavy atom. The number of aryl methyl sites for hydroxylation is 2. The monoisotopic (exact) mass is 302 g/mol. The molecule has 1 fully saturated rings. The number of hydrogen-bond acceptors (Lipinski definition) is 3. The molecular formula is C16H22N4S. The molecule has 1 aliphatic heterocycles. The highest BCUT2D eigenvalue weighted by Crippen LogP contribution is 2.15. The van der Waals surface area contributed by atoms with E-state index < -0.39 is 0 Å². The van der Waals surface area contributed by atoms with Gasteiger partial charge in [0.25, 0.3) is 0 Å². The molecule has 0 N–H and O–H groups in total. The lowest BCUT2D eigenvalue weighted by Crippen LogP contribution is -2.32. The van der Waals surface area contributed by atoms with Gasteiger partial charge in [0.15, 0.2) is 0 Å². The van der Waals surface area contributed by atoms with Gasteiger partial charge in [0.05, 0.1) is 6.67 Å². The average Bonchev–Trinajstić information content (AvgIpc) is 2.76. The largest absolute Gasteiger partial charge is 0.284 e. The molecule has 0 radical (unpaired) electrons. The summed E-state index contributed by atoms with van der Waals surface area (Å²) in [7, 11) is 0. The van der Waals surface area contributed by atoms with Crippen LogP contribution in [0.4, 0.5) is 0 Å². The molecule has 21 heavy (non-hydrogen) atoms. The third-order valence-electron chi connectivity index (χ3n) is 4.08. The second kappa shape index (κ2) is 6.12. The maximum atomic E-state index is 5.63. The van der Waals surface area contributed by atoms with Gasteiger partial charge in [-0.15, -0.1) is 0 Å². The number of rotatable bonds is 3. The lowest BCUT2D eigenvalue weighted by atomic mass is 10.1. The van der Waals surface area contributed by atoms with Crippen LogP contribution in [-0.4, -0.2) is 32.3 Å². The lowest BCUT2D eigenvalue weighted by molar-refractivity contribution is 0.172. The minimum absolute atomic E-state index is 0.780. The molecule has 1 aromatic carbocycles. The first kappa shape index (κ1) is 14.5. The molecular weight excluding hydrogens is 280 g/mol. The first-order valence-corrected chi connectivity index (χ1v) is 8.02. The van der Waals surface area contributed by atoms with Crippen LogP contribution in [0.5, 0.6) is 0 Å². The highest BCUT2D eigenvalue weighted by Gasteiger charge is 2.14. The standard InChI is InChI=1S/C16H22N4S/c1-13-6-8-15(9-7-13)20-14(2)17-19(16(20)21)12-18-10-4-3-5-11-18/h6-9H,3-5,10-12H2,1-2H3. The van der Waals surface area contributed by atoms with Crippen molar-refractivity contribution >= 4 is 12.2 Å². The fraction of sp³-hybridized carbons (Fsp3) is 0.500. The highest BCUT2D eigenvalue weighted by molar-refractivity contribution is 7.71. The smallest absolute Gasteiger partial charge is 0.203 e. The zero-order valence-electron chi connectivity index (χ0n) is 12.7. The fourth-order valence-electron chi connectivity index (χ4n) is 2.89. The number of piperidine rings is 1. The summed E-state index contributed by atoms with van der Waals surface area (Å²) < 4.78 is 4.79. The van der Waals surface area contributed by atoms with Gasteiger partial charge in [0.1, 0.15) is 5.82 Å². The van der Waals surface area contributed by atoms with E-state index in [0.29, 0.717) is 0 Å². The van der Waals surface area contributed by atoms with Crippen LogP contribution in [0.1, 0.15) is 30.7 Å². The molecule has 0 atom stereocenters. The number of aromatic nitrogens is 3. The van der Waals surface area contributed by atoms with Crippen molar-refractivity contribution in [3.63, 3.8) is 0 Å². The van der Waals surface area contributed by atoms with E-state index in [-0.39, 0.29) is 0 Å². The quantitative estimate of drug-likeness (QED) is 0.812. The Hall–Kier alpha value is -1.46. The lowest BCUT2D eigenvalue weighted by Gasteiger charge is -2.25. The van der Waals surface area contributed by atoms with Crippen LogP contribution in [0.2, 0.25) is 0 Å². The summed E-state index contributed by atoms with van der Waals surface area (Å²) in [5.74, 6) is 0.945. The summed E-state index contributed by atoms with van der Waals surface area (Å²) >= 11 is 5.63. The topological polar surface area (TPSA) is 26.0 Å². The molecule has 5 heteroatoms. The van der Waals surface area contributed by atoms with Gasteiger partial charge in [-0.2, -0.15) is 5.10 Å². The molecule has 3 rings (SSSR count). The second-order valence-corrected chi connectivity index (χ2v) is 6.19. The zero-order valence-corrected chi connectivity index (χ0v) is 13.6. The van der Waals surface area contributed by atoms with Gasteiger partial charge >= 0.3 is 0 Å². The first-order valence-electron chi connectivity index (χ1n) is 7.61. The van der Waals surface area contributed by atoms with E-state index in [9.17, 15) is 0 Å². The van der Waals surface area contributed by atoms with Crippen LogP contribution in [0, 0.1) is 18.6 Å². The van der Waals surface area contributed by atoms with Crippen LogP contribution < -0.4 is 0 Å². The van der Waals surface area contributed by atoms with Crippen molar-refractivity contribution in [1.82, 2.24) is 19.2 Å². The van der Waals surface area contributed by atoms with Gasteiger partial charge in [0, 0.05) is 5.69 Å². The van der Waals surface area contributed by atoms with E-state index in [0.717, 1.165) is 36.0 Å². The summed E-state index contributed by atoms with van der Waals surface area (Å²) in [5, 5.41) is 4.64. The number of hydrogen-bond donors (Lipinski definition) is 0. The van der Waals surface area contributed by atoms with E-state index in [2.05, 4.69) is 45.8 Å². The molecule has 0 spiro atoms. The molecule has 1 saturated heterocycles. The minimum atomic E-state index is 0.780. The molecule has 1 aliphatic rings. The van der Waals surface area contributed by atoms with Gasteiger partial charge < -0.3 is 0 Å². The molecule has 112 valence electrons. The van der Waals surface area contributed by atoms with Crippen LogP contribution in [0.3, 0.4) is 0 Å². The molecule has 4 nitrogen and oxygen atoms in total. The van der Waals surface area contributed by atoms with Crippen molar-refractivity contribution in [3.05, 3.63) is 40.4 Å². The molecule has 0 amide bonds. The SMILES string of the molecule is Cc1ccc(-n2c(C)nn(CN3CCCCC3)c2=S)cc1. The van der Waals surface area contributed by atoms with Crippen molar-refractivity contribution in [2.24, 2.45) is 0 Å². The maximum Gasteiger partial charge on any atom is 0.203 e. The Labute approximate surface area is 131 Å².